The number of aliphatic hydroxyl groups excluding tert-OH is 1. The fraction of sp³-hybridized carbons (Fsp3) is 0.562. The normalized spacial score (nSPS) is 18.8. The van der Waals surface area contributed by atoms with Gasteiger partial charge in [0.1, 0.15) is 11.6 Å². The van der Waals surface area contributed by atoms with Gasteiger partial charge in [0.15, 0.2) is 0 Å². The SMILES string of the molecule is C=C/C(C)=C\C(=C/C(=O)NCC(O)CN1CC(C)CC(C)C1)C(=O)N(CCC)CCC.Cc1cc(F)cc(F)c1. The van der Waals surface area contributed by atoms with Crippen LogP contribution in [0.3, 0.4) is 0 Å². The molecule has 0 aliphatic carbocycles. The number of hydrogen-bond donors (Lipinski definition) is 2. The first-order valence-corrected chi connectivity index (χ1v) is 14.3. The highest BCUT2D eigenvalue weighted by molar-refractivity contribution is 6.03. The van der Waals surface area contributed by atoms with E-state index in [1.54, 1.807) is 24.0 Å². The molecule has 3 atom stereocenters. The summed E-state index contributed by atoms with van der Waals surface area (Å²) in [6, 6.07) is 3.42. The number of allylic oxidation sites excluding steroid dienone is 2. The molecule has 1 aliphatic rings. The summed E-state index contributed by atoms with van der Waals surface area (Å²) in [5.74, 6) is -0.326. The molecule has 1 fully saturated rings. The molecule has 0 radical (unpaired) electrons. The van der Waals surface area contributed by atoms with Gasteiger partial charge in [-0.1, -0.05) is 45.9 Å². The molecule has 1 saturated heterocycles. The molecular formula is C32H49F2N3O3. The zero-order valence-corrected chi connectivity index (χ0v) is 25.2. The van der Waals surface area contributed by atoms with Crippen molar-refractivity contribution in [2.24, 2.45) is 11.8 Å². The van der Waals surface area contributed by atoms with Crippen LogP contribution in [0, 0.1) is 30.4 Å². The lowest BCUT2D eigenvalue weighted by Gasteiger charge is -2.36. The van der Waals surface area contributed by atoms with Crippen LogP contribution in [0.4, 0.5) is 8.78 Å². The number of halogens is 2. The first kappa shape index (κ1) is 35.2. The number of β-amino-alcohol motifs (C(OH)–C–C–N with tert-alkyl or cyclic N) is 1. The summed E-state index contributed by atoms with van der Waals surface area (Å²) in [6.45, 7) is 19.7. The number of benzene rings is 1. The highest BCUT2D eigenvalue weighted by Crippen LogP contribution is 2.20. The lowest BCUT2D eigenvalue weighted by atomic mass is 9.92. The number of carbonyl (C=O) groups is 2. The van der Waals surface area contributed by atoms with Crippen LogP contribution < -0.4 is 5.32 Å². The molecule has 1 aromatic rings. The molecule has 2 rings (SSSR count). The number of aryl methyl sites for hydroxylation is 1. The minimum absolute atomic E-state index is 0.156. The van der Waals surface area contributed by atoms with Crippen molar-refractivity contribution in [3.05, 3.63) is 71.4 Å². The lowest BCUT2D eigenvalue weighted by Crippen LogP contribution is -2.45. The Kier molecular flexibility index (Phi) is 16.3. The summed E-state index contributed by atoms with van der Waals surface area (Å²) in [4.78, 5) is 29.6. The molecule has 6 nitrogen and oxygen atoms in total. The second kappa shape index (κ2) is 18.5. The molecule has 1 aromatic carbocycles. The Labute approximate surface area is 239 Å². The predicted octanol–water partition coefficient (Wildman–Crippen LogP) is 5.42. The van der Waals surface area contributed by atoms with Crippen molar-refractivity contribution >= 4 is 11.8 Å². The van der Waals surface area contributed by atoms with Gasteiger partial charge in [0.2, 0.25) is 5.91 Å². The fourth-order valence-electron chi connectivity index (χ4n) is 4.91. The number of piperidine rings is 1. The molecule has 0 bridgehead atoms. The number of carbonyl (C=O) groups excluding carboxylic acids is 2. The van der Waals surface area contributed by atoms with Gasteiger partial charge < -0.3 is 20.2 Å². The second-order valence-electron chi connectivity index (χ2n) is 11.0. The van der Waals surface area contributed by atoms with Gasteiger partial charge in [-0.2, -0.15) is 0 Å². The maximum Gasteiger partial charge on any atom is 0.254 e. The topological polar surface area (TPSA) is 72.9 Å². The van der Waals surface area contributed by atoms with Gasteiger partial charge in [-0.05, 0) is 68.7 Å². The molecule has 2 amide bonds. The third-order valence-electron chi connectivity index (χ3n) is 6.45. The average molecular weight is 562 g/mol. The lowest BCUT2D eigenvalue weighted by molar-refractivity contribution is -0.127. The average Bonchev–Trinajstić information content (AvgIpc) is 2.85. The van der Waals surface area contributed by atoms with E-state index in [0.717, 1.165) is 37.6 Å². The van der Waals surface area contributed by atoms with Gasteiger partial charge in [-0.3, -0.25) is 9.59 Å². The Balaban J connectivity index is 0.000000747. The predicted molar refractivity (Wildman–Crippen MR) is 159 cm³/mol. The Hall–Kier alpha value is -2.84. The molecule has 3 unspecified atom stereocenters. The van der Waals surface area contributed by atoms with Gasteiger partial charge in [0, 0.05) is 57.0 Å². The maximum absolute atomic E-state index is 13.0. The number of nitrogens with one attached hydrogen (secondary N) is 1. The van der Waals surface area contributed by atoms with E-state index in [4.69, 9.17) is 0 Å². The molecule has 0 aromatic heterocycles. The standard InChI is InChI=1S/C25H43N3O3.C7H6F2/c1-7-10-28(11-8-2)25(31)22(13-19(4)9-3)14-24(30)26-15-23(29)18-27-16-20(5)12-21(6)17-27;1-5-2-6(8)4-7(9)3-5/h9,13-14,20-21,23,29H,3,7-8,10-12,15-18H2,1-2,4-6H3,(H,26,30);2-4H,1H3/b19-13-,22-14+;. The van der Waals surface area contributed by atoms with Crippen LogP contribution in [-0.4, -0.2) is 72.1 Å². The quantitative estimate of drug-likeness (QED) is 0.264. The van der Waals surface area contributed by atoms with Crippen molar-refractivity contribution in [2.45, 2.75) is 66.9 Å². The number of likely N-dealkylation sites (tertiary alicyclic amines) is 1. The van der Waals surface area contributed by atoms with Crippen molar-refractivity contribution in [1.29, 1.82) is 0 Å². The van der Waals surface area contributed by atoms with Gasteiger partial charge in [-0.25, -0.2) is 8.78 Å². The zero-order chi connectivity index (χ0) is 30.2. The van der Waals surface area contributed by atoms with E-state index >= 15 is 0 Å². The third-order valence-corrected chi connectivity index (χ3v) is 6.45. The maximum atomic E-state index is 13.0. The number of rotatable bonds is 12. The summed E-state index contributed by atoms with van der Waals surface area (Å²) in [5.41, 5.74) is 1.76. The van der Waals surface area contributed by atoms with Gasteiger partial charge >= 0.3 is 0 Å². The Bertz CT molecular complexity index is 958. The van der Waals surface area contributed by atoms with Crippen LogP contribution in [0.2, 0.25) is 0 Å². The summed E-state index contributed by atoms with van der Waals surface area (Å²) >= 11 is 0. The molecule has 8 heteroatoms. The zero-order valence-electron chi connectivity index (χ0n) is 25.2. The highest BCUT2D eigenvalue weighted by Gasteiger charge is 2.23. The molecule has 1 heterocycles. The van der Waals surface area contributed by atoms with Crippen molar-refractivity contribution in [2.75, 3.05) is 39.3 Å². The molecule has 224 valence electrons. The fourth-order valence-corrected chi connectivity index (χ4v) is 4.91. The second-order valence-corrected chi connectivity index (χ2v) is 11.0. The molecule has 2 N–H and O–H groups in total. The molecule has 0 saturated carbocycles. The number of aliphatic hydroxyl groups is 1. The third kappa shape index (κ3) is 14.0. The smallest absolute Gasteiger partial charge is 0.254 e. The summed E-state index contributed by atoms with van der Waals surface area (Å²) < 4.78 is 24.4. The van der Waals surface area contributed by atoms with Crippen LogP contribution in [-0.2, 0) is 9.59 Å². The number of hydrogen-bond acceptors (Lipinski definition) is 4. The van der Waals surface area contributed by atoms with Crippen molar-refractivity contribution < 1.29 is 23.5 Å². The minimum atomic E-state index is -0.642. The van der Waals surface area contributed by atoms with Gasteiger partial charge in [0.05, 0.1) is 6.10 Å². The monoisotopic (exact) mass is 561 g/mol. The number of amides is 2. The van der Waals surface area contributed by atoms with Crippen molar-refractivity contribution in [3.63, 3.8) is 0 Å². The Morgan fingerprint density at radius 2 is 1.65 bits per heavy atom. The van der Waals surface area contributed by atoms with E-state index in [0.29, 0.717) is 42.6 Å². The van der Waals surface area contributed by atoms with E-state index in [1.807, 2.05) is 20.8 Å². The highest BCUT2D eigenvalue weighted by atomic mass is 19.1. The molecule has 0 spiro atoms. The molecule has 40 heavy (non-hydrogen) atoms. The number of nitrogens with zero attached hydrogens (tertiary/aromatic N) is 2. The first-order valence-electron chi connectivity index (χ1n) is 14.3. The largest absolute Gasteiger partial charge is 0.390 e. The summed E-state index contributed by atoms with van der Waals surface area (Å²) in [6.07, 6.45) is 6.98. The minimum Gasteiger partial charge on any atom is -0.390 e. The van der Waals surface area contributed by atoms with Crippen LogP contribution >= 0.6 is 0 Å². The van der Waals surface area contributed by atoms with Gasteiger partial charge in [-0.15, -0.1) is 0 Å². The van der Waals surface area contributed by atoms with Crippen LogP contribution in [0.25, 0.3) is 0 Å². The van der Waals surface area contributed by atoms with Crippen LogP contribution in [0.15, 0.2) is 54.2 Å². The van der Waals surface area contributed by atoms with E-state index in [9.17, 15) is 23.5 Å². The Morgan fingerprint density at radius 1 is 1.10 bits per heavy atom. The molecular weight excluding hydrogens is 512 g/mol. The van der Waals surface area contributed by atoms with E-state index in [2.05, 4.69) is 30.6 Å². The first-order chi connectivity index (χ1) is 18.9. The van der Waals surface area contributed by atoms with E-state index in [-0.39, 0.29) is 18.4 Å². The Morgan fingerprint density at radius 3 is 2.12 bits per heavy atom. The molecule has 1 aliphatic heterocycles. The summed E-state index contributed by atoms with van der Waals surface area (Å²) in [5, 5.41) is 13.2. The van der Waals surface area contributed by atoms with Crippen molar-refractivity contribution in [3.8, 4) is 0 Å². The van der Waals surface area contributed by atoms with E-state index in [1.165, 1.54) is 24.6 Å². The van der Waals surface area contributed by atoms with E-state index < -0.39 is 17.7 Å². The van der Waals surface area contributed by atoms with Crippen molar-refractivity contribution in [1.82, 2.24) is 15.1 Å². The van der Waals surface area contributed by atoms with Crippen LogP contribution in [0.5, 0.6) is 0 Å². The van der Waals surface area contributed by atoms with Crippen LogP contribution in [0.1, 0.15) is 59.4 Å². The van der Waals surface area contributed by atoms with Gasteiger partial charge in [0.25, 0.3) is 5.91 Å². The summed E-state index contributed by atoms with van der Waals surface area (Å²) in [7, 11) is 0.